The first-order valence-electron chi connectivity index (χ1n) is 11.2. The van der Waals surface area contributed by atoms with Crippen LogP contribution >= 0.6 is 11.8 Å². The number of nitro benzene ring substituents is 2. The highest BCUT2D eigenvalue weighted by Crippen LogP contribution is 2.35. The smallest absolute Gasteiger partial charge is 0.293 e. The van der Waals surface area contributed by atoms with Gasteiger partial charge in [0.15, 0.2) is 17.3 Å². The Labute approximate surface area is 225 Å². The number of methoxy groups -OCH3 is 1. The molecule has 0 radical (unpaired) electrons. The average molecular weight is 550 g/mol. The Kier molecular flexibility index (Phi) is 8.01. The number of imide groups is 1. The van der Waals surface area contributed by atoms with Gasteiger partial charge in [0.05, 0.1) is 28.4 Å². The van der Waals surface area contributed by atoms with Crippen molar-refractivity contribution in [2.24, 2.45) is 0 Å². The van der Waals surface area contributed by atoms with Crippen LogP contribution in [0.3, 0.4) is 0 Å². The number of ether oxygens (including phenoxy) is 2. The topological polar surface area (TPSA) is 159 Å². The van der Waals surface area contributed by atoms with E-state index in [1.165, 1.54) is 49.6 Å². The minimum Gasteiger partial charge on any atom is -0.493 e. The molecule has 39 heavy (non-hydrogen) atoms. The molecule has 3 aromatic rings. The van der Waals surface area contributed by atoms with Crippen LogP contribution in [0.1, 0.15) is 21.5 Å². The largest absolute Gasteiger partial charge is 0.493 e. The zero-order valence-corrected chi connectivity index (χ0v) is 21.1. The van der Waals surface area contributed by atoms with Crippen molar-refractivity contribution in [3.05, 3.63) is 109 Å². The summed E-state index contributed by atoms with van der Waals surface area (Å²) in [6.07, 6.45) is 1.48. The molecule has 0 N–H and O–H groups in total. The van der Waals surface area contributed by atoms with Crippen LogP contribution in [0, 0.1) is 20.2 Å². The number of carbonyl (C=O) groups excluding carboxylic acids is 3. The molecular formula is C26H19N3O9S. The second kappa shape index (κ2) is 11.6. The van der Waals surface area contributed by atoms with Crippen LogP contribution in [-0.2, 0) is 11.4 Å². The molecule has 0 saturated carbocycles. The van der Waals surface area contributed by atoms with Gasteiger partial charge in [0.1, 0.15) is 6.61 Å². The Bertz CT molecular complexity index is 1520. The van der Waals surface area contributed by atoms with Crippen molar-refractivity contribution < 1.29 is 33.7 Å². The molecule has 198 valence electrons. The van der Waals surface area contributed by atoms with Gasteiger partial charge in [0.25, 0.3) is 22.5 Å². The second-order valence-corrected chi connectivity index (χ2v) is 9.11. The first-order chi connectivity index (χ1) is 18.7. The van der Waals surface area contributed by atoms with Gasteiger partial charge in [-0.25, -0.2) is 0 Å². The van der Waals surface area contributed by atoms with Crippen LogP contribution in [0.2, 0.25) is 0 Å². The van der Waals surface area contributed by atoms with Gasteiger partial charge in [-0.05, 0) is 53.2 Å². The quantitative estimate of drug-likeness (QED) is 0.146. The van der Waals surface area contributed by atoms with Crippen molar-refractivity contribution in [3.8, 4) is 11.5 Å². The fraction of sp³-hybridized carbons (Fsp3) is 0.115. The number of nitrogens with zero attached hydrogens (tertiary/aromatic N) is 3. The van der Waals surface area contributed by atoms with E-state index in [1.54, 1.807) is 30.3 Å². The number of benzene rings is 3. The predicted octanol–water partition coefficient (Wildman–Crippen LogP) is 5.01. The van der Waals surface area contributed by atoms with E-state index in [2.05, 4.69) is 0 Å². The summed E-state index contributed by atoms with van der Waals surface area (Å²) < 4.78 is 11.1. The van der Waals surface area contributed by atoms with Crippen LogP contribution < -0.4 is 9.47 Å². The molecule has 0 spiro atoms. The summed E-state index contributed by atoms with van der Waals surface area (Å²) >= 11 is 0.679. The molecule has 0 aromatic heterocycles. The number of non-ortho nitro benzene ring substituents is 2. The molecule has 1 aliphatic rings. The molecule has 0 bridgehead atoms. The number of amides is 2. The number of hydrogen-bond acceptors (Lipinski definition) is 10. The van der Waals surface area contributed by atoms with E-state index in [-0.39, 0.29) is 28.5 Å². The summed E-state index contributed by atoms with van der Waals surface area (Å²) in [7, 11) is 1.43. The van der Waals surface area contributed by atoms with Gasteiger partial charge in [-0.15, -0.1) is 0 Å². The van der Waals surface area contributed by atoms with Crippen molar-refractivity contribution in [2.75, 3.05) is 13.7 Å². The summed E-state index contributed by atoms with van der Waals surface area (Å²) in [6.45, 7) is -0.452. The fourth-order valence-electron chi connectivity index (χ4n) is 3.61. The maximum Gasteiger partial charge on any atom is 0.293 e. The van der Waals surface area contributed by atoms with E-state index in [0.717, 1.165) is 4.90 Å². The van der Waals surface area contributed by atoms with Crippen molar-refractivity contribution >= 4 is 46.1 Å². The number of rotatable bonds is 10. The van der Waals surface area contributed by atoms with E-state index in [4.69, 9.17) is 9.47 Å². The summed E-state index contributed by atoms with van der Waals surface area (Å²) in [5, 5.41) is 21.1. The molecule has 3 aromatic carbocycles. The zero-order chi connectivity index (χ0) is 28.1. The number of thioether (sulfide) groups is 1. The summed E-state index contributed by atoms with van der Waals surface area (Å²) in [4.78, 5) is 59.5. The highest BCUT2D eigenvalue weighted by Gasteiger charge is 2.36. The lowest BCUT2D eigenvalue weighted by Crippen LogP contribution is -2.33. The molecular weight excluding hydrogens is 530 g/mol. The number of nitro groups is 2. The molecule has 1 saturated heterocycles. The Morgan fingerprint density at radius 3 is 2.33 bits per heavy atom. The molecule has 12 nitrogen and oxygen atoms in total. The van der Waals surface area contributed by atoms with Crippen molar-refractivity contribution in [1.82, 2.24) is 4.90 Å². The van der Waals surface area contributed by atoms with Gasteiger partial charge in [-0.1, -0.05) is 18.2 Å². The highest BCUT2D eigenvalue weighted by atomic mass is 32.2. The van der Waals surface area contributed by atoms with Gasteiger partial charge in [0, 0.05) is 29.8 Å². The first kappa shape index (κ1) is 27.0. The maximum atomic E-state index is 12.9. The molecule has 2 amide bonds. The molecule has 4 rings (SSSR count). The van der Waals surface area contributed by atoms with Gasteiger partial charge >= 0.3 is 0 Å². The highest BCUT2D eigenvalue weighted by molar-refractivity contribution is 8.18. The van der Waals surface area contributed by atoms with Gasteiger partial charge in [-0.3, -0.25) is 39.5 Å². The van der Waals surface area contributed by atoms with E-state index in [1.807, 2.05) is 0 Å². The third-order valence-corrected chi connectivity index (χ3v) is 6.48. The van der Waals surface area contributed by atoms with Crippen LogP contribution in [0.4, 0.5) is 16.2 Å². The van der Waals surface area contributed by atoms with Crippen molar-refractivity contribution in [1.29, 1.82) is 0 Å². The van der Waals surface area contributed by atoms with E-state index in [9.17, 15) is 34.6 Å². The van der Waals surface area contributed by atoms with E-state index >= 15 is 0 Å². The molecule has 1 fully saturated rings. The Balaban J connectivity index is 1.45. The molecule has 1 aliphatic heterocycles. The van der Waals surface area contributed by atoms with Crippen LogP contribution in [0.15, 0.2) is 71.6 Å². The van der Waals surface area contributed by atoms with E-state index < -0.39 is 33.3 Å². The lowest BCUT2D eigenvalue weighted by molar-refractivity contribution is -0.385. The Hall–Kier alpha value is -5.04. The standard InChI is InChI=1S/C26H19N3O9S/c1-37-23-12-16(5-10-22(23)38-15-17-3-2-4-20(11-17)29(35)36)13-24-25(31)27(26(32)39-24)14-21(30)18-6-8-19(9-7-18)28(33)34/h2-13H,14-15H2,1H3/b24-13+. The lowest BCUT2D eigenvalue weighted by Gasteiger charge is -2.12. The zero-order valence-electron chi connectivity index (χ0n) is 20.3. The average Bonchev–Trinajstić information content (AvgIpc) is 3.19. The van der Waals surface area contributed by atoms with Gasteiger partial charge < -0.3 is 9.47 Å². The lowest BCUT2D eigenvalue weighted by atomic mass is 10.1. The molecule has 1 heterocycles. The summed E-state index contributed by atoms with van der Waals surface area (Å²) in [5.41, 5.74) is 1.02. The second-order valence-electron chi connectivity index (χ2n) is 8.12. The SMILES string of the molecule is COc1cc(/C=C2/SC(=O)N(CC(=O)c3ccc([N+](=O)[O-])cc3)C2=O)ccc1OCc1cccc([N+](=O)[O-])c1. The third-order valence-electron chi connectivity index (χ3n) is 5.58. The minimum atomic E-state index is -0.648. The van der Waals surface area contributed by atoms with Crippen LogP contribution in [0.25, 0.3) is 6.08 Å². The Morgan fingerprint density at radius 1 is 0.949 bits per heavy atom. The van der Waals surface area contributed by atoms with Crippen molar-refractivity contribution in [3.63, 3.8) is 0 Å². The molecule has 0 unspecified atom stereocenters. The summed E-state index contributed by atoms with van der Waals surface area (Å²) in [5.74, 6) is -0.490. The number of carbonyl (C=O) groups is 3. The first-order valence-corrected chi connectivity index (χ1v) is 12.0. The number of ketones is 1. The fourth-order valence-corrected chi connectivity index (χ4v) is 4.44. The predicted molar refractivity (Wildman–Crippen MR) is 141 cm³/mol. The van der Waals surface area contributed by atoms with Crippen LogP contribution in [-0.4, -0.2) is 45.3 Å². The summed E-state index contributed by atoms with van der Waals surface area (Å²) in [6, 6.07) is 15.8. The third kappa shape index (κ3) is 6.27. The molecule has 13 heteroatoms. The molecule has 0 atom stereocenters. The normalized spacial score (nSPS) is 14.0. The van der Waals surface area contributed by atoms with Crippen molar-refractivity contribution in [2.45, 2.75) is 6.61 Å². The van der Waals surface area contributed by atoms with Crippen LogP contribution in [0.5, 0.6) is 11.5 Å². The monoisotopic (exact) mass is 549 g/mol. The Morgan fingerprint density at radius 2 is 1.67 bits per heavy atom. The van der Waals surface area contributed by atoms with Gasteiger partial charge in [-0.2, -0.15) is 0 Å². The molecule has 0 aliphatic carbocycles. The number of Topliss-reactive ketones (excluding diaryl/α,β-unsaturated/α-hetero) is 1. The number of hydrogen-bond donors (Lipinski definition) is 0. The maximum absolute atomic E-state index is 12.9. The van der Waals surface area contributed by atoms with Gasteiger partial charge in [0.2, 0.25) is 0 Å². The van der Waals surface area contributed by atoms with E-state index in [0.29, 0.717) is 34.4 Å². The minimum absolute atomic E-state index is 0.0539.